The van der Waals surface area contributed by atoms with Crippen LogP contribution in [0.15, 0.2) is 12.2 Å². The molecule has 3 nitrogen and oxygen atoms in total. The van der Waals surface area contributed by atoms with Crippen LogP contribution >= 0.6 is 0 Å². The number of nitrogens with two attached hydrogens (primary N) is 1. The maximum atomic E-state index is 10.1. The summed E-state index contributed by atoms with van der Waals surface area (Å²) >= 11 is 0. The minimum absolute atomic E-state index is 0.354. The Bertz CT molecular complexity index is 119. The van der Waals surface area contributed by atoms with E-state index in [4.69, 9.17) is 5.73 Å². The Morgan fingerprint density at radius 2 is 2.57 bits per heavy atom. The number of rotatable bonds is 0. The lowest BCUT2D eigenvalue weighted by Crippen LogP contribution is -2.17. The lowest BCUT2D eigenvalue weighted by molar-refractivity contribution is -0.138. The third kappa shape index (κ3) is 0.778. The number of ether oxygens (including phenoxy) is 1. The number of carbonyl (C=O) groups excluding carboxylic acids is 1. The van der Waals surface area contributed by atoms with Gasteiger partial charge in [-0.3, -0.25) is 5.73 Å². The Balaban J connectivity index is 2.58. The van der Waals surface area contributed by atoms with Crippen LogP contribution in [0.1, 0.15) is 0 Å². The molecule has 1 aliphatic heterocycles. The van der Waals surface area contributed by atoms with Crippen molar-refractivity contribution in [2.45, 2.75) is 6.23 Å². The van der Waals surface area contributed by atoms with E-state index in [1.807, 2.05) is 0 Å². The minimum atomic E-state index is -0.507. The summed E-state index contributed by atoms with van der Waals surface area (Å²) in [5.41, 5.74) is 5.10. The van der Waals surface area contributed by atoms with Crippen molar-refractivity contribution in [3.05, 3.63) is 12.2 Å². The molecule has 0 aromatic heterocycles. The molecular weight excluding hydrogens is 94.0 g/mol. The maximum absolute atomic E-state index is 10.1. The standard InChI is InChI=1S/C4H5NO2/c5-3-1-2-4(6)7-3/h1-3H,5H2. The first kappa shape index (κ1) is 4.33. The van der Waals surface area contributed by atoms with Crippen LogP contribution in [0.25, 0.3) is 0 Å². The summed E-state index contributed by atoms with van der Waals surface area (Å²) in [5, 5.41) is 0. The van der Waals surface area contributed by atoms with Crippen LogP contribution in [-0.4, -0.2) is 12.2 Å². The fraction of sp³-hybridized carbons (Fsp3) is 0.250. The van der Waals surface area contributed by atoms with Gasteiger partial charge in [0.15, 0.2) is 6.23 Å². The molecule has 0 aromatic rings. The van der Waals surface area contributed by atoms with Crippen LogP contribution < -0.4 is 5.73 Å². The van der Waals surface area contributed by atoms with Crippen LogP contribution in [0.3, 0.4) is 0 Å². The van der Waals surface area contributed by atoms with Crippen LogP contribution in [-0.2, 0) is 9.53 Å². The third-order valence-electron chi connectivity index (χ3n) is 0.674. The van der Waals surface area contributed by atoms with Gasteiger partial charge in [0, 0.05) is 6.08 Å². The second-order valence-corrected chi connectivity index (χ2v) is 1.26. The molecule has 0 saturated heterocycles. The lowest BCUT2D eigenvalue weighted by Gasteiger charge is -1.95. The molecule has 3 heteroatoms. The summed E-state index contributed by atoms with van der Waals surface area (Å²) in [6, 6.07) is 0. The monoisotopic (exact) mass is 99.0 g/mol. The molecule has 0 amide bonds. The number of hydrogen-bond donors (Lipinski definition) is 1. The highest BCUT2D eigenvalue weighted by molar-refractivity contribution is 5.84. The molecule has 1 heterocycles. The zero-order valence-electron chi connectivity index (χ0n) is 3.63. The van der Waals surface area contributed by atoms with Crippen molar-refractivity contribution in [3.63, 3.8) is 0 Å². The molecule has 1 atom stereocenters. The van der Waals surface area contributed by atoms with E-state index < -0.39 is 6.23 Å². The normalized spacial score (nSPS) is 28.1. The largest absolute Gasteiger partial charge is 0.440 e. The van der Waals surface area contributed by atoms with Crippen LogP contribution in [0.2, 0.25) is 0 Å². The van der Waals surface area contributed by atoms with Gasteiger partial charge in [-0.2, -0.15) is 0 Å². The first-order valence-corrected chi connectivity index (χ1v) is 1.93. The van der Waals surface area contributed by atoms with Crippen LogP contribution in [0.5, 0.6) is 0 Å². The van der Waals surface area contributed by atoms with Crippen molar-refractivity contribution in [2.75, 3.05) is 0 Å². The Morgan fingerprint density at radius 1 is 1.86 bits per heavy atom. The molecule has 0 radical (unpaired) electrons. The topological polar surface area (TPSA) is 52.3 Å². The van der Waals surface area contributed by atoms with Gasteiger partial charge in [0.05, 0.1) is 0 Å². The highest BCUT2D eigenvalue weighted by Gasteiger charge is 2.09. The van der Waals surface area contributed by atoms with Crippen molar-refractivity contribution < 1.29 is 9.53 Å². The highest BCUT2D eigenvalue weighted by Crippen LogP contribution is 1.96. The van der Waals surface area contributed by atoms with Gasteiger partial charge in [-0.25, -0.2) is 4.79 Å². The molecule has 2 N–H and O–H groups in total. The van der Waals surface area contributed by atoms with E-state index in [0.29, 0.717) is 0 Å². The van der Waals surface area contributed by atoms with Crippen molar-refractivity contribution in [2.24, 2.45) is 5.73 Å². The van der Waals surface area contributed by atoms with Gasteiger partial charge < -0.3 is 4.74 Å². The van der Waals surface area contributed by atoms with Gasteiger partial charge in [0.25, 0.3) is 0 Å². The van der Waals surface area contributed by atoms with E-state index in [0.717, 1.165) is 0 Å². The SMILES string of the molecule is NC1C=CC(=O)O1. The molecule has 0 aliphatic carbocycles. The molecular formula is C4H5NO2. The smallest absolute Gasteiger partial charge is 0.332 e. The average Bonchev–Trinajstić information content (AvgIpc) is 1.87. The predicted octanol–water partition coefficient (Wildman–Crippen LogP) is -0.616. The van der Waals surface area contributed by atoms with Gasteiger partial charge in [-0.05, 0) is 6.08 Å². The van der Waals surface area contributed by atoms with Gasteiger partial charge in [0.1, 0.15) is 0 Å². The zero-order valence-corrected chi connectivity index (χ0v) is 3.63. The lowest BCUT2D eigenvalue weighted by atomic mass is 10.5. The van der Waals surface area contributed by atoms with E-state index >= 15 is 0 Å². The first-order valence-electron chi connectivity index (χ1n) is 1.93. The molecule has 0 fully saturated rings. The highest BCUT2D eigenvalue weighted by atomic mass is 16.6. The third-order valence-corrected chi connectivity index (χ3v) is 0.674. The van der Waals surface area contributed by atoms with E-state index in [1.165, 1.54) is 12.2 Å². The van der Waals surface area contributed by atoms with Crippen molar-refractivity contribution in [3.8, 4) is 0 Å². The molecule has 1 rings (SSSR count). The van der Waals surface area contributed by atoms with E-state index in [-0.39, 0.29) is 5.97 Å². The summed E-state index contributed by atoms with van der Waals surface area (Å²) in [6.45, 7) is 0. The second-order valence-electron chi connectivity index (χ2n) is 1.26. The summed E-state index contributed by atoms with van der Waals surface area (Å²) in [5.74, 6) is -0.354. The van der Waals surface area contributed by atoms with E-state index in [1.54, 1.807) is 0 Å². The van der Waals surface area contributed by atoms with E-state index in [9.17, 15) is 4.79 Å². The van der Waals surface area contributed by atoms with E-state index in [2.05, 4.69) is 4.74 Å². The number of carbonyl (C=O) groups is 1. The molecule has 0 spiro atoms. The van der Waals surface area contributed by atoms with Gasteiger partial charge >= 0.3 is 5.97 Å². The molecule has 0 saturated carbocycles. The predicted molar refractivity (Wildman–Crippen MR) is 23.2 cm³/mol. The summed E-state index contributed by atoms with van der Waals surface area (Å²) in [6.07, 6.45) is 2.31. The summed E-state index contributed by atoms with van der Waals surface area (Å²) in [4.78, 5) is 10.1. The van der Waals surface area contributed by atoms with Crippen LogP contribution in [0, 0.1) is 0 Å². The average molecular weight is 99.1 g/mol. The fourth-order valence-electron chi connectivity index (χ4n) is 0.386. The Hall–Kier alpha value is -0.830. The Labute approximate surface area is 40.8 Å². The molecule has 1 unspecified atom stereocenters. The van der Waals surface area contributed by atoms with Gasteiger partial charge in [-0.15, -0.1) is 0 Å². The number of cyclic esters (lactones) is 1. The van der Waals surface area contributed by atoms with Crippen molar-refractivity contribution >= 4 is 5.97 Å². The molecule has 1 aliphatic rings. The Morgan fingerprint density at radius 3 is 2.71 bits per heavy atom. The molecule has 38 valence electrons. The van der Waals surface area contributed by atoms with Crippen molar-refractivity contribution in [1.29, 1.82) is 0 Å². The molecule has 7 heavy (non-hydrogen) atoms. The number of hydrogen-bond acceptors (Lipinski definition) is 3. The minimum Gasteiger partial charge on any atom is -0.440 e. The van der Waals surface area contributed by atoms with Gasteiger partial charge in [0.2, 0.25) is 0 Å². The summed E-state index contributed by atoms with van der Waals surface area (Å²) in [7, 11) is 0. The first-order chi connectivity index (χ1) is 3.29. The summed E-state index contributed by atoms with van der Waals surface area (Å²) < 4.78 is 4.39. The molecule has 0 bridgehead atoms. The van der Waals surface area contributed by atoms with Crippen molar-refractivity contribution in [1.82, 2.24) is 0 Å². The van der Waals surface area contributed by atoms with Crippen LogP contribution in [0.4, 0.5) is 0 Å². The quantitative estimate of drug-likeness (QED) is 0.412. The van der Waals surface area contributed by atoms with Gasteiger partial charge in [-0.1, -0.05) is 0 Å². The number of esters is 1. The Kier molecular flexibility index (Phi) is 0.834. The molecule has 0 aromatic carbocycles. The fourth-order valence-corrected chi connectivity index (χ4v) is 0.386. The maximum Gasteiger partial charge on any atom is 0.332 e. The second kappa shape index (κ2) is 1.35. The zero-order chi connectivity index (χ0) is 5.28.